The first-order chi connectivity index (χ1) is 21.5. The summed E-state index contributed by atoms with van der Waals surface area (Å²) in [5.74, 6) is -1.16. The van der Waals surface area contributed by atoms with Crippen LogP contribution in [0, 0.1) is 18.7 Å². The molecule has 0 bridgehead atoms. The summed E-state index contributed by atoms with van der Waals surface area (Å²) in [6.07, 6.45) is 3.94. The first-order valence-electron chi connectivity index (χ1n) is 14.0. The van der Waals surface area contributed by atoms with Gasteiger partial charge in [0.2, 0.25) is 5.91 Å². The minimum atomic E-state index is -3.04. The molecule has 236 valence electrons. The Kier molecular flexibility index (Phi) is 9.16. The van der Waals surface area contributed by atoms with Crippen LogP contribution in [-0.2, 0) is 21.7 Å². The summed E-state index contributed by atoms with van der Waals surface area (Å²) in [6.45, 7) is 4.24. The van der Waals surface area contributed by atoms with Gasteiger partial charge in [-0.25, -0.2) is 23.1 Å². The molecule has 1 atom stereocenters. The summed E-state index contributed by atoms with van der Waals surface area (Å²) in [7, 11) is 1.37. The Balaban J connectivity index is 1.39. The summed E-state index contributed by atoms with van der Waals surface area (Å²) in [4.78, 5) is 49.6. The van der Waals surface area contributed by atoms with Crippen molar-refractivity contribution in [1.29, 1.82) is 0 Å². The molecule has 0 unspecified atom stereocenters. The molecule has 45 heavy (non-hydrogen) atoms. The second-order valence-corrected chi connectivity index (χ2v) is 11.4. The van der Waals surface area contributed by atoms with Crippen molar-refractivity contribution in [2.24, 2.45) is 16.6 Å². The first-order valence-corrected chi connectivity index (χ1v) is 14.4. The van der Waals surface area contributed by atoms with Crippen molar-refractivity contribution in [1.82, 2.24) is 25.3 Å². The molecule has 1 saturated heterocycles. The number of nitrogens with one attached hydrogen (secondary N) is 1. The maximum atomic E-state index is 14.9. The highest BCUT2D eigenvalue weighted by atomic mass is 35.5. The van der Waals surface area contributed by atoms with E-state index in [9.17, 15) is 22.8 Å². The minimum absolute atomic E-state index is 0.0105. The number of aromatic nitrogens is 4. The zero-order valence-electron chi connectivity index (χ0n) is 24.7. The fourth-order valence-electron chi connectivity index (χ4n) is 5.09. The third kappa shape index (κ3) is 6.52. The molecule has 2 fully saturated rings. The number of ether oxygens (including phenoxy) is 1. The quantitative estimate of drug-likeness (QED) is 0.300. The van der Waals surface area contributed by atoms with Crippen LogP contribution in [0.25, 0.3) is 11.3 Å². The van der Waals surface area contributed by atoms with E-state index in [0.717, 1.165) is 24.5 Å². The van der Waals surface area contributed by atoms with E-state index in [-0.39, 0.29) is 41.2 Å². The van der Waals surface area contributed by atoms with Gasteiger partial charge in [-0.2, -0.15) is 0 Å². The summed E-state index contributed by atoms with van der Waals surface area (Å²) < 4.78 is 47.5. The molecule has 2 aliphatic rings. The van der Waals surface area contributed by atoms with Crippen LogP contribution in [0.2, 0.25) is 5.02 Å². The highest BCUT2D eigenvalue weighted by Gasteiger charge is 2.46. The van der Waals surface area contributed by atoms with Crippen molar-refractivity contribution < 1.29 is 27.5 Å². The largest absolute Gasteiger partial charge is 0.403 e. The highest BCUT2D eigenvalue weighted by Crippen LogP contribution is 2.49. The molecule has 2 aromatic heterocycles. The average Bonchev–Trinajstić information content (AvgIpc) is 3.73. The van der Waals surface area contributed by atoms with Crippen LogP contribution in [0.1, 0.15) is 65.7 Å². The minimum Gasteiger partial charge on any atom is -0.403 e. The van der Waals surface area contributed by atoms with Gasteiger partial charge in [-0.1, -0.05) is 24.6 Å². The lowest BCUT2D eigenvalue weighted by Crippen LogP contribution is -2.28. The average molecular weight is 643 g/mol. The van der Waals surface area contributed by atoms with E-state index in [1.807, 2.05) is 6.92 Å². The molecule has 1 saturated carbocycles. The Morgan fingerprint density at radius 3 is 2.64 bits per heavy atom. The number of carbonyl (C=O) groups excluding carboxylic acids is 2. The molecular formula is C30H30ClF3N8O3. The highest BCUT2D eigenvalue weighted by molar-refractivity contribution is 6.31. The molecule has 1 aliphatic carbocycles. The zero-order chi connectivity index (χ0) is 32.5. The maximum Gasteiger partial charge on any atom is 0.276 e. The van der Waals surface area contributed by atoms with Gasteiger partial charge < -0.3 is 15.8 Å². The number of aryl methyl sites for hydroxylation is 1. The van der Waals surface area contributed by atoms with E-state index < -0.39 is 39.8 Å². The lowest BCUT2D eigenvalue weighted by molar-refractivity contribution is -0.117. The van der Waals surface area contributed by atoms with Gasteiger partial charge in [-0.05, 0) is 31.7 Å². The second kappa shape index (κ2) is 12.9. The number of hydrogen-bond donors (Lipinski definition) is 2. The number of hydrogen-bond acceptors (Lipinski definition) is 9. The Morgan fingerprint density at radius 2 is 2.04 bits per heavy atom. The number of methoxy groups -OCH3 is 1. The van der Waals surface area contributed by atoms with Crippen molar-refractivity contribution >= 4 is 35.4 Å². The van der Waals surface area contributed by atoms with E-state index >= 15 is 0 Å². The standard InChI is InChI=1S/C30H30ClF3N8O3/c1-15-8-23(43)42(13-15)28-16(2)39-22(12-37-28)30(6-7-30)38-10-17(9-35)40-29(44)26-21(14-45-3)36-11-20(41-26)24-18(27(33)34)4-5-19(31)25(24)32/h4-5,9-12,15,27H,6-8,13-14,35H2,1-3H3,(H,40,44)/t15-/m0/s1. The smallest absolute Gasteiger partial charge is 0.276 e. The van der Waals surface area contributed by atoms with Crippen molar-refractivity contribution in [2.75, 3.05) is 18.6 Å². The van der Waals surface area contributed by atoms with Gasteiger partial charge in [0, 0.05) is 43.6 Å². The fourth-order valence-corrected chi connectivity index (χ4v) is 5.25. The molecule has 0 spiro atoms. The molecule has 2 amide bonds. The Labute approximate surface area is 261 Å². The number of nitrogens with two attached hydrogens (primary N) is 1. The zero-order valence-corrected chi connectivity index (χ0v) is 25.4. The Hall–Kier alpha value is -4.43. The van der Waals surface area contributed by atoms with Gasteiger partial charge in [-0.3, -0.25) is 29.4 Å². The predicted molar refractivity (Wildman–Crippen MR) is 160 cm³/mol. The van der Waals surface area contributed by atoms with E-state index in [1.165, 1.54) is 13.3 Å². The van der Waals surface area contributed by atoms with Gasteiger partial charge >= 0.3 is 0 Å². The molecule has 0 radical (unpaired) electrons. The molecule has 3 aromatic rings. The Morgan fingerprint density at radius 1 is 1.29 bits per heavy atom. The summed E-state index contributed by atoms with van der Waals surface area (Å²) in [6, 6.07) is 2.00. The molecule has 5 rings (SSSR count). The summed E-state index contributed by atoms with van der Waals surface area (Å²) in [5.41, 5.74) is 4.65. The van der Waals surface area contributed by atoms with Gasteiger partial charge in [0.1, 0.15) is 5.54 Å². The van der Waals surface area contributed by atoms with Gasteiger partial charge in [0.05, 0.1) is 52.5 Å². The number of allylic oxidation sites excluding steroid dienone is 1. The lowest BCUT2D eigenvalue weighted by Gasteiger charge is -2.18. The molecule has 3 N–H and O–H groups in total. The van der Waals surface area contributed by atoms with Crippen molar-refractivity contribution in [3.05, 3.63) is 75.6 Å². The second-order valence-electron chi connectivity index (χ2n) is 11.0. The van der Waals surface area contributed by atoms with Crippen LogP contribution in [0.15, 0.2) is 41.4 Å². The molecule has 15 heteroatoms. The molecule has 1 aromatic carbocycles. The van der Waals surface area contributed by atoms with Crippen LogP contribution in [0.4, 0.5) is 19.0 Å². The normalized spacial score (nSPS) is 17.9. The van der Waals surface area contributed by atoms with Crippen LogP contribution in [0.3, 0.4) is 0 Å². The number of rotatable bonds is 10. The molecule has 3 heterocycles. The SMILES string of the molecule is COCc1ncc(-c2c(C(F)F)ccc(Cl)c2F)nc1C(=O)NC(C=NC1(c2cnc(N3C[C@@H](C)CC3=O)c(C)n2)CC1)=CN. The van der Waals surface area contributed by atoms with E-state index in [4.69, 9.17) is 27.1 Å². The van der Waals surface area contributed by atoms with E-state index in [1.54, 1.807) is 18.0 Å². The molecule has 11 nitrogen and oxygen atoms in total. The van der Waals surface area contributed by atoms with Crippen molar-refractivity contribution in [2.45, 2.75) is 51.7 Å². The van der Waals surface area contributed by atoms with Crippen molar-refractivity contribution in [3.8, 4) is 11.3 Å². The molecular weight excluding hydrogens is 613 g/mol. The third-order valence-corrected chi connectivity index (χ3v) is 7.84. The first kappa shape index (κ1) is 32.0. The fraction of sp³-hybridized carbons (Fsp3) is 0.367. The number of carbonyl (C=O) groups is 2. The number of alkyl halides is 2. The van der Waals surface area contributed by atoms with Gasteiger partial charge in [0.15, 0.2) is 17.3 Å². The lowest BCUT2D eigenvalue weighted by atomic mass is 10.0. The monoisotopic (exact) mass is 642 g/mol. The van der Waals surface area contributed by atoms with E-state index in [2.05, 4.69) is 25.3 Å². The summed E-state index contributed by atoms with van der Waals surface area (Å²) in [5, 5.41) is 2.19. The van der Waals surface area contributed by atoms with Crippen LogP contribution >= 0.6 is 11.6 Å². The third-order valence-electron chi connectivity index (χ3n) is 7.55. The number of benzene rings is 1. The number of halogens is 4. The van der Waals surface area contributed by atoms with E-state index in [0.29, 0.717) is 43.0 Å². The van der Waals surface area contributed by atoms with Gasteiger partial charge in [0.25, 0.3) is 12.3 Å². The maximum absolute atomic E-state index is 14.9. The Bertz CT molecular complexity index is 1710. The predicted octanol–water partition coefficient (Wildman–Crippen LogP) is 4.78. The summed E-state index contributed by atoms with van der Waals surface area (Å²) >= 11 is 5.86. The molecule has 1 aliphatic heterocycles. The van der Waals surface area contributed by atoms with Crippen LogP contribution < -0.4 is 16.0 Å². The van der Waals surface area contributed by atoms with Crippen LogP contribution in [-0.4, -0.2) is 51.6 Å². The topological polar surface area (TPSA) is 149 Å². The van der Waals surface area contributed by atoms with Crippen LogP contribution in [0.5, 0.6) is 0 Å². The number of aliphatic imine (C=N–C) groups is 1. The number of amides is 2. The number of anilines is 1. The van der Waals surface area contributed by atoms with Crippen molar-refractivity contribution in [3.63, 3.8) is 0 Å². The number of nitrogens with zero attached hydrogens (tertiary/aromatic N) is 6. The van der Waals surface area contributed by atoms with Gasteiger partial charge in [-0.15, -0.1) is 0 Å².